The van der Waals surface area contributed by atoms with Crippen LogP contribution < -0.4 is 5.73 Å². The topological polar surface area (TPSA) is 41.8 Å². The summed E-state index contributed by atoms with van der Waals surface area (Å²) in [5, 5.41) is 0. The molecule has 0 amide bonds. The molecular formula is C11H12N2. The molecule has 1 aromatic carbocycles. The molecule has 0 aliphatic rings. The number of H-pyrrole nitrogens is 1. The van der Waals surface area contributed by atoms with Crippen LogP contribution in [0.5, 0.6) is 0 Å². The van der Waals surface area contributed by atoms with Gasteiger partial charge in [0.1, 0.15) is 0 Å². The Bertz CT molecular complexity index is 376. The van der Waals surface area contributed by atoms with Crippen LogP contribution in [0.25, 0.3) is 11.1 Å². The molecular weight excluding hydrogens is 160 g/mol. The number of hydrogen-bond acceptors (Lipinski definition) is 1. The molecule has 0 saturated carbocycles. The van der Waals surface area contributed by atoms with Crippen LogP contribution in [-0.4, -0.2) is 4.98 Å². The number of aromatic amines is 1. The monoisotopic (exact) mass is 172 g/mol. The average Bonchev–Trinajstić information content (AvgIpc) is 2.67. The van der Waals surface area contributed by atoms with Gasteiger partial charge in [-0.2, -0.15) is 0 Å². The van der Waals surface area contributed by atoms with E-state index in [0.29, 0.717) is 6.54 Å². The van der Waals surface area contributed by atoms with E-state index in [4.69, 9.17) is 5.73 Å². The van der Waals surface area contributed by atoms with E-state index in [0.717, 1.165) is 5.56 Å². The third kappa shape index (κ3) is 1.48. The fourth-order valence-electron chi connectivity index (χ4n) is 1.45. The zero-order valence-electron chi connectivity index (χ0n) is 7.33. The number of hydrogen-bond donors (Lipinski definition) is 2. The average molecular weight is 172 g/mol. The lowest BCUT2D eigenvalue weighted by Crippen LogP contribution is -1.95. The van der Waals surface area contributed by atoms with Crippen molar-refractivity contribution in [1.29, 1.82) is 0 Å². The lowest BCUT2D eigenvalue weighted by atomic mass is 10.1. The lowest BCUT2D eigenvalue weighted by molar-refractivity contribution is 1.08. The Labute approximate surface area is 77.4 Å². The second kappa shape index (κ2) is 3.46. The van der Waals surface area contributed by atoms with Crippen LogP contribution in [0.2, 0.25) is 0 Å². The molecule has 0 bridgehead atoms. The summed E-state index contributed by atoms with van der Waals surface area (Å²) in [5.74, 6) is 0. The Balaban J connectivity index is 2.47. The second-order valence-electron chi connectivity index (χ2n) is 2.96. The fraction of sp³-hybridized carbons (Fsp3) is 0.0909. The Morgan fingerprint density at radius 3 is 2.54 bits per heavy atom. The van der Waals surface area contributed by atoms with Gasteiger partial charge in [-0.25, -0.2) is 0 Å². The number of nitrogens with one attached hydrogen (secondary N) is 1. The highest BCUT2D eigenvalue weighted by molar-refractivity contribution is 5.66. The van der Waals surface area contributed by atoms with Gasteiger partial charge in [-0.3, -0.25) is 0 Å². The van der Waals surface area contributed by atoms with Crippen molar-refractivity contribution in [1.82, 2.24) is 4.98 Å². The minimum Gasteiger partial charge on any atom is -0.367 e. The quantitative estimate of drug-likeness (QED) is 0.716. The zero-order chi connectivity index (χ0) is 9.10. The first kappa shape index (κ1) is 8.08. The van der Waals surface area contributed by atoms with Crippen LogP contribution in [0.3, 0.4) is 0 Å². The molecule has 0 radical (unpaired) electrons. The van der Waals surface area contributed by atoms with Gasteiger partial charge in [-0.05, 0) is 11.1 Å². The summed E-state index contributed by atoms with van der Waals surface area (Å²) in [6, 6.07) is 10.2. The molecule has 2 rings (SSSR count). The van der Waals surface area contributed by atoms with Gasteiger partial charge < -0.3 is 10.7 Å². The van der Waals surface area contributed by atoms with Crippen molar-refractivity contribution in [2.45, 2.75) is 6.54 Å². The molecule has 0 aliphatic carbocycles. The Kier molecular flexibility index (Phi) is 2.15. The van der Waals surface area contributed by atoms with Gasteiger partial charge in [0.2, 0.25) is 0 Å². The van der Waals surface area contributed by atoms with Crippen molar-refractivity contribution in [2.75, 3.05) is 0 Å². The van der Waals surface area contributed by atoms with Crippen molar-refractivity contribution in [2.24, 2.45) is 5.73 Å². The van der Waals surface area contributed by atoms with Crippen molar-refractivity contribution in [3.05, 3.63) is 48.3 Å². The molecule has 0 spiro atoms. The summed E-state index contributed by atoms with van der Waals surface area (Å²) in [5.41, 5.74) is 9.18. The maximum absolute atomic E-state index is 5.61. The molecule has 0 saturated heterocycles. The van der Waals surface area contributed by atoms with E-state index in [1.54, 1.807) is 0 Å². The molecule has 1 aromatic heterocycles. The summed E-state index contributed by atoms with van der Waals surface area (Å²) in [6.45, 7) is 0.577. The molecule has 0 unspecified atom stereocenters. The van der Waals surface area contributed by atoms with Crippen LogP contribution in [0.15, 0.2) is 42.7 Å². The van der Waals surface area contributed by atoms with Gasteiger partial charge in [-0.1, -0.05) is 30.3 Å². The zero-order valence-corrected chi connectivity index (χ0v) is 7.33. The molecule has 3 N–H and O–H groups in total. The molecule has 0 atom stereocenters. The Morgan fingerprint density at radius 2 is 1.85 bits per heavy atom. The van der Waals surface area contributed by atoms with Gasteiger partial charge in [0, 0.05) is 24.5 Å². The summed E-state index contributed by atoms with van der Waals surface area (Å²) < 4.78 is 0. The van der Waals surface area contributed by atoms with Crippen molar-refractivity contribution in [3.8, 4) is 11.1 Å². The third-order valence-corrected chi connectivity index (χ3v) is 2.14. The smallest absolute Gasteiger partial charge is 0.0199 e. The standard InChI is InChI=1S/C11H12N2/c12-6-10-7-13-8-11(10)9-4-2-1-3-5-9/h1-5,7-8,13H,6,12H2. The normalized spacial score (nSPS) is 10.2. The van der Waals surface area contributed by atoms with Crippen molar-refractivity contribution >= 4 is 0 Å². The van der Waals surface area contributed by atoms with Crippen LogP contribution in [-0.2, 0) is 6.54 Å². The van der Waals surface area contributed by atoms with Gasteiger partial charge in [0.15, 0.2) is 0 Å². The van der Waals surface area contributed by atoms with Gasteiger partial charge in [0.25, 0.3) is 0 Å². The van der Waals surface area contributed by atoms with Crippen LogP contribution in [0.1, 0.15) is 5.56 Å². The first-order valence-electron chi connectivity index (χ1n) is 4.33. The summed E-state index contributed by atoms with van der Waals surface area (Å²) in [6.07, 6.45) is 3.93. The first-order chi connectivity index (χ1) is 6.42. The van der Waals surface area contributed by atoms with Crippen molar-refractivity contribution < 1.29 is 0 Å². The maximum Gasteiger partial charge on any atom is 0.0199 e. The van der Waals surface area contributed by atoms with Crippen molar-refractivity contribution in [3.63, 3.8) is 0 Å². The molecule has 2 heteroatoms. The molecule has 66 valence electrons. The predicted octanol–water partition coefficient (Wildman–Crippen LogP) is 2.14. The third-order valence-electron chi connectivity index (χ3n) is 2.14. The number of benzene rings is 1. The molecule has 2 aromatic rings. The maximum atomic E-state index is 5.61. The van der Waals surface area contributed by atoms with E-state index in [1.807, 2.05) is 30.6 Å². The molecule has 1 heterocycles. The van der Waals surface area contributed by atoms with E-state index in [-0.39, 0.29) is 0 Å². The van der Waals surface area contributed by atoms with E-state index in [9.17, 15) is 0 Å². The van der Waals surface area contributed by atoms with E-state index >= 15 is 0 Å². The highest BCUT2D eigenvalue weighted by Crippen LogP contribution is 2.22. The number of rotatable bonds is 2. The Hall–Kier alpha value is -1.54. The molecule has 0 aliphatic heterocycles. The summed E-state index contributed by atoms with van der Waals surface area (Å²) >= 11 is 0. The minimum absolute atomic E-state index is 0.577. The highest BCUT2D eigenvalue weighted by Gasteiger charge is 2.02. The van der Waals surface area contributed by atoms with Crippen LogP contribution in [0.4, 0.5) is 0 Å². The van der Waals surface area contributed by atoms with E-state index in [2.05, 4.69) is 17.1 Å². The van der Waals surface area contributed by atoms with Gasteiger partial charge in [-0.15, -0.1) is 0 Å². The summed E-state index contributed by atoms with van der Waals surface area (Å²) in [4.78, 5) is 3.07. The SMILES string of the molecule is NCc1c[nH]cc1-c1ccccc1. The first-order valence-corrected chi connectivity index (χ1v) is 4.33. The second-order valence-corrected chi connectivity index (χ2v) is 2.96. The predicted molar refractivity (Wildman–Crippen MR) is 54.1 cm³/mol. The molecule has 13 heavy (non-hydrogen) atoms. The van der Waals surface area contributed by atoms with Gasteiger partial charge in [0.05, 0.1) is 0 Å². The molecule has 0 fully saturated rings. The van der Waals surface area contributed by atoms with E-state index in [1.165, 1.54) is 11.1 Å². The minimum atomic E-state index is 0.577. The van der Waals surface area contributed by atoms with Gasteiger partial charge >= 0.3 is 0 Å². The highest BCUT2D eigenvalue weighted by atomic mass is 14.7. The van der Waals surface area contributed by atoms with Crippen LogP contribution in [0, 0.1) is 0 Å². The van der Waals surface area contributed by atoms with Crippen LogP contribution >= 0.6 is 0 Å². The fourth-order valence-corrected chi connectivity index (χ4v) is 1.45. The Morgan fingerprint density at radius 1 is 1.08 bits per heavy atom. The number of nitrogens with two attached hydrogens (primary N) is 1. The summed E-state index contributed by atoms with van der Waals surface area (Å²) in [7, 11) is 0. The number of aromatic nitrogens is 1. The molecule has 2 nitrogen and oxygen atoms in total. The van der Waals surface area contributed by atoms with E-state index < -0.39 is 0 Å². The largest absolute Gasteiger partial charge is 0.367 e. The lowest BCUT2D eigenvalue weighted by Gasteiger charge is -2.00.